The van der Waals surface area contributed by atoms with Crippen LogP contribution in [-0.2, 0) is 0 Å². The number of hydrogen-bond donors (Lipinski definition) is 0. The maximum atomic E-state index is 9.95. The zero-order valence-electron chi connectivity index (χ0n) is 12.7. The molecule has 1 unspecified atom stereocenters. The average Bonchev–Trinajstić information content (AvgIpc) is 1.96. The molecule has 0 amide bonds. The van der Waals surface area contributed by atoms with Crippen LogP contribution in [0.3, 0.4) is 0 Å². The number of quaternary nitrogens is 2. The third-order valence-corrected chi connectivity index (χ3v) is 0.641. The molecule has 0 fully saturated rings. The Morgan fingerprint density at radius 2 is 1.00 bits per heavy atom. The van der Waals surface area contributed by atoms with Crippen molar-refractivity contribution in [1.29, 1.82) is 0 Å². The summed E-state index contributed by atoms with van der Waals surface area (Å²) in [7, 11) is 17.0. The molecule has 0 spiro atoms. The minimum atomic E-state index is -0.870. The summed E-state index contributed by atoms with van der Waals surface area (Å²) in [6, 6.07) is 0. The van der Waals surface area contributed by atoms with Crippen LogP contribution in [0, 0.1) is 0 Å². The van der Waals surface area contributed by atoms with E-state index in [1.807, 2.05) is 0 Å². The van der Waals surface area contributed by atoms with E-state index >= 15 is 0 Å². The standard InChI is InChI=1S/2C4H12N.C4H8O2/c2*1-5(2,3)4;1-2-4(6)3-5/h2*1-4H3;4H,2-3H2,1H3/q2*+1;-2. The SMILES string of the molecule is CCC([O-])C[O-].C[N+](C)(C)C.C[N+](C)(C)C. The molecule has 0 N–H and O–H groups in total. The first kappa shape index (κ1) is 21.2. The molecule has 1 atom stereocenters. The van der Waals surface area contributed by atoms with Gasteiger partial charge >= 0.3 is 0 Å². The summed E-state index contributed by atoms with van der Waals surface area (Å²) in [6.07, 6.45) is -0.409. The Kier molecular flexibility index (Phi) is 13.3. The highest BCUT2D eigenvalue weighted by atomic mass is 16.3. The molecule has 0 saturated heterocycles. The minimum absolute atomic E-state index is 0.462. The van der Waals surface area contributed by atoms with E-state index in [1.54, 1.807) is 6.92 Å². The van der Waals surface area contributed by atoms with Crippen LogP contribution in [0.1, 0.15) is 13.3 Å². The second kappa shape index (κ2) is 10.0. The maximum Gasteiger partial charge on any atom is 0.0675 e. The third kappa shape index (κ3) is 155. The fourth-order valence-electron chi connectivity index (χ4n) is 0.118. The summed E-state index contributed by atoms with van der Waals surface area (Å²) in [5, 5.41) is 19.5. The lowest BCUT2D eigenvalue weighted by molar-refractivity contribution is -0.849. The molecular formula is C12H32N2O2. The Hall–Kier alpha value is -0.160. The van der Waals surface area contributed by atoms with Crippen molar-refractivity contribution < 1.29 is 19.2 Å². The van der Waals surface area contributed by atoms with E-state index < -0.39 is 12.7 Å². The summed E-state index contributed by atoms with van der Waals surface area (Å²) in [5.74, 6) is 0. The highest BCUT2D eigenvalue weighted by Gasteiger charge is 1.88. The predicted molar refractivity (Wildman–Crippen MR) is 66.9 cm³/mol. The Balaban J connectivity index is -0.000000160. The first-order valence-corrected chi connectivity index (χ1v) is 5.63. The molecule has 0 aliphatic carbocycles. The highest BCUT2D eigenvalue weighted by molar-refractivity contribution is 4.40. The topological polar surface area (TPSA) is 46.1 Å². The Morgan fingerprint density at radius 1 is 0.812 bits per heavy atom. The first-order valence-electron chi connectivity index (χ1n) is 5.63. The van der Waals surface area contributed by atoms with Crippen LogP contribution in [0.2, 0.25) is 0 Å². The fraction of sp³-hybridized carbons (Fsp3) is 1.00. The molecule has 0 aliphatic rings. The molecule has 0 aromatic heterocycles. The molecule has 4 nitrogen and oxygen atoms in total. The van der Waals surface area contributed by atoms with Crippen LogP contribution in [0.4, 0.5) is 0 Å². The first-order chi connectivity index (χ1) is 6.81. The zero-order chi connectivity index (χ0) is 14.0. The summed E-state index contributed by atoms with van der Waals surface area (Å²) >= 11 is 0. The number of rotatable bonds is 2. The summed E-state index contributed by atoms with van der Waals surface area (Å²) in [6.45, 7) is 1.24. The minimum Gasteiger partial charge on any atom is -0.855 e. The molecule has 4 heteroatoms. The van der Waals surface area contributed by atoms with E-state index in [9.17, 15) is 10.2 Å². The van der Waals surface area contributed by atoms with Gasteiger partial charge in [-0.3, -0.25) is 0 Å². The van der Waals surface area contributed by atoms with Crippen LogP contribution < -0.4 is 10.2 Å². The van der Waals surface area contributed by atoms with Gasteiger partial charge in [0.2, 0.25) is 0 Å². The van der Waals surface area contributed by atoms with Crippen molar-refractivity contribution in [3.63, 3.8) is 0 Å². The van der Waals surface area contributed by atoms with Crippen LogP contribution in [0.25, 0.3) is 0 Å². The van der Waals surface area contributed by atoms with Gasteiger partial charge in [-0.05, 0) is 0 Å². The lowest BCUT2D eigenvalue weighted by Gasteiger charge is -2.22. The number of hydrogen-bond acceptors (Lipinski definition) is 2. The predicted octanol–water partition coefficient (Wildman–Crippen LogP) is -0.870. The monoisotopic (exact) mass is 236 g/mol. The second-order valence-corrected chi connectivity index (χ2v) is 6.56. The molecule has 102 valence electrons. The van der Waals surface area contributed by atoms with Crippen molar-refractivity contribution in [1.82, 2.24) is 0 Å². The van der Waals surface area contributed by atoms with Gasteiger partial charge in [-0.2, -0.15) is 6.61 Å². The van der Waals surface area contributed by atoms with E-state index in [0.717, 1.165) is 8.97 Å². The summed E-state index contributed by atoms with van der Waals surface area (Å²) < 4.78 is 2.00. The van der Waals surface area contributed by atoms with Gasteiger partial charge in [0.15, 0.2) is 0 Å². The molecule has 0 heterocycles. The van der Waals surface area contributed by atoms with E-state index in [4.69, 9.17) is 0 Å². The van der Waals surface area contributed by atoms with Crippen LogP contribution >= 0.6 is 0 Å². The fourth-order valence-corrected chi connectivity index (χ4v) is 0.118. The van der Waals surface area contributed by atoms with Crippen LogP contribution in [0.5, 0.6) is 0 Å². The van der Waals surface area contributed by atoms with Gasteiger partial charge < -0.3 is 19.2 Å². The van der Waals surface area contributed by atoms with Gasteiger partial charge in [0.05, 0.1) is 56.4 Å². The van der Waals surface area contributed by atoms with Gasteiger partial charge in [0.25, 0.3) is 0 Å². The van der Waals surface area contributed by atoms with Crippen molar-refractivity contribution in [2.24, 2.45) is 0 Å². The Bertz CT molecular complexity index is 109. The molecule has 0 aromatic carbocycles. The van der Waals surface area contributed by atoms with E-state index in [0.29, 0.717) is 6.42 Å². The molecule has 0 bridgehead atoms. The highest BCUT2D eigenvalue weighted by Crippen LogP contribution is 1.76. The Morgan fingerprint density at radius 3 is 1.00 bits per heavy atom. The lowest BCUT2D eigenvalue weighted by atomic mass is 10.3. The van der Waals surface area contributed by atoms with Gasteiger partial charge in [-0.1, -0.05) is 13.3 Å². The summed E-state index contributed by atoms with van der Waals surface area (Å²) in [5.41, 5.74) is 0. The van der Waals surface area contributed by atoms with Crippen LogP contribution in [-0.4, -0.2) is 78.1 Å². The van der Waals surface area contributed by atoms with Gasteiger partial charge in [-0.15, -0.1) is 6.10 Å². The van der Waals surface area contributed by atoms with Gasteiger partial charge in [0, 0.05) is 0 Å². The van der Waals surface area contributed by atoms with Crippen molar-refractivity contribution in [2.75, 3.05) is 63.0 Å². The third-order valence-electron chi connectivity index (χ3n) is 0.641. The molecule has 16 heavy (non-hydrogen) atoms. The largest absolute Gasteiger partial charge is 0.855 e. The normalized spacial score (nSPS) is 12.9. The average molecular weight is 236 g/mol. The van der Waals surface area contributed by atoms with Crippen molar-refractivity contribution in [3.8, 4) is 0 Å². The summed E-state index contributed by atoms with van der Waals surface area (Å²) in [4.78, 5) is 0. The lowest BCUT2D eigenvalue weighted by Crippen LogP contribution is -2.34. The zero-order valence-corrected chi connectivity index (χ0v) is 12.7. The van der Waals surface area contributed by atoms with Gasteiger partial charge in [0.1, 0.15) is 0 Å². The molecule has 0 rings (SSSR count). The van der Waals surface area contributed by atoms with Crippen molar-refractivity contribution >= 4 is 0 Å². The molecule has 0 aromatic rings. The van der Waals surface area contributed by atoms with Crippen LogP contribution in [0.15, 0.2) is 0 Å². The Labute approximate surface area is 102 Å². The van der Waals surface area contributed by atoms with Crippen molar-refractivity contribution in [2.45, 2.75) is 19.4 Å². The second-order valence-electron chi connectivity index (χ2n) is 6.56. The maximum absolute atomic E-state index is 9.95. The molecule has 0 saturated carbocycles. The smallest absolute Gasteiger partial charge is 0.0675 e. The van der Waals surface area contributed by atoms with E-state index in [1.165, 1.54) is 0 Å². The molecule has 0 aliphatic heterocycles. The number of nitrogens with zero attached hydrogens (tertiary/aromatic N) is 2. The molecular weight excluding hydrogens is 204 g/mol. The molecule has 0 radical (unpaired) electrons. The van der Waals surface area contributed by atoms with E-state index in [-0.39, 0.29) is 0 Å². The van der Waals surface area contributed by atoms with Gasteiger partial charge in [-0.25, -0.2) is 0 Å². The quantitative estimate of drug-likeness (QED) is 0.585. The van der Waals surface area contributed by atoms with E-state index in [2.05, 4.69) is 56.4 Å². The van der Waals surface area contributed by atoms with Crippen molar-refractivity contribution in [3.05, 3.63) is 0 Å².